The first-order chi connectivity index (χ1) is 18.1. The zero-order chi connectivity index (χ0) is 25.7. The predicted molar refractivity (Wildman–Crippen MR) is 145 cm³/mol. The minimum Gasteiger partial charge on any atom is -0.465 e. The predicted octanol–water partition coefficient (Wildman–Crippen LogP) is 6.12. The van der Waals surface area contributed by atoms with Gasteiger partial charge in [-0.05, 0) is 54.0 Å². The minimum absolute atomic E-state index is 0.168. The van der Waals surface area contributed by atoms with Crippen molar-refractivity contribution in [2.24, 2.45) is 11.0 Å². The first-order valence-corrected chi connectivity index (χ1v) is 12.5. The van der Waals surface area contributed by atoms with Gasteiger partial charge >= 0.3 is 5.97 Å². The van der Waals surface area contributed by atoms with Crippen molar-refractivity contribution in [2.45, 2.75) is 11.8 Å². The van der Waals surface area contributed by atoms with Gasteiger partial charge in [-0.1, -0.05) is 76.6 Å². The van der Waals surface area contributed by atoms with Crippen LogP contribution in [-0.4, -0.2) is 18.1 Å². The van der Waals surface area contributed by atoms with Crippen LogP contribution >= 0.6 is 15.9 Å². The quantitative estimate of drug-likeness (QED) is 0.0935. The molecular formula is C30H23BrN2O4. The fraction of sp³-hybridized carbons (Fsp3) is 0.100. The molecule has 0 radical (unpaired) electrons. The molecule has 3 aromatic carbocycles. The largest absolute Gasteiger partial charge is 0.465 e. The summed E-state index contributed by atoms with van der Waals surface area (Å²) in [5.74, 6) is -0.130. The number of benzene rings is 3. The molecular weight excluding hydrogens is 532 g/mol. The second-order valence-electron chi connectivity index (χ2n) is 8.65. The molecule has 1 aliphatic carbocycles. The van der Waals surface area contributed by atoms with Gasteiger partial charge in [0.25, 0.3) is 0 Å². The fourth-order valence-electron chi connectivity index (χ4n) is 4.49. The standard InChI is InChI=1S/C30H23BrN2O4/c31-24-13-15-27(37-28(34)16-14-25-12-7-17-36-25)21(18-24)20-32-33-29(35)26-19-30(26,22-8-3-1-4-9-22)23-10-5-2-6-11-23/h1-18,20,26H,19H2,(H,33,35). The minimum atomic E-state index is -0.564. The molecule has 0 aliphatic heterocycles. The molecule has 1 aromatic heterocycles. The lowest BCUT2D eigenvalue weighted by Crippen LogP contribution is -2.25. The molecule has 0 saturated heterocycles. The van der Waals surface area contributed by atoms with Crippen molar-refractivity contribution in [2.75, 3.05) is 0 Å². The summed E-state index contributed by atoms with van der Waals surface area (Å²) in [7, 11) is 0. The van der Waals surface area contributed by atoms with E-state index in [2.05, 4.69) is 50.7 Å². The zero-order valence-corrected chi connectivity index (χ0v) is 21.3. The van der Waals surface area contributed by atoms with E-state index in [0.717, 1.165) is 15.6 Å². The van der Waals surface area contributed by atoms with E-state index >= 15 is 0 Å². The van der Waals surface area contributed by atoms with Crippen molar-refractivity contribution < 1.29 is 18.7 Å². The molecule has 1 heterocycles. The molecule has 184 valence electrons. The SMILES string of the molecule is O=C(C=Cc1ccco1)Oc1ccc(Br)cc1C=NNC(=O)C1CC1(c1ccccc1)c1ccccc1. The number of halogens is 1. The third-order valence-corrected chi connectivity index (χ3v) is 6.84. The second kappa shape index (κ2) is 10.8. The van der Waals surface area contributed by atoms with Crippen LogP contribution in [0.15, 0.2) is 117 Å². The Bertz CT molecular complexity index is 1410. The first-order valence-electron chi connectivity index (χ1n) is 11.7. The number of carbonyl (C=O) groups is 2. The summed E-state index contributed by atoms with van der Waals surface area (Å²) >= 11 is 3.42. The van der Waals surface area contributed by atoms with Crippen LogP contribution in [0.5, 0.6) is 5.75 Å². The van der Waals surface area contributed by atoms with Crippen molar-refractivity contribution >= 4 is 40.1 Å². The van der Waals surface area contributed by atoms with E-state index in [-0.39, 0.29) is 17.2 Å². The van der Waals surface area contributed by atoms with Gasteiger partial charge < -0.3 is 9.15 Å². The molecule has 1 saturated carbocycles. The Labute approximate surface area is 222 Å². The number of carbonyl (C=O) groups excluding carboxylic acids is 2. The fourth-order valence-corrected chi connectivity index (χ4v) is 4.87. The maximum absolute atomic E-state index is 13.1. The third-order valence-electron chi connectivity index (χ3n) is 6.34. The van der Waals surface area contributed by atoms with E-state index in [9.17, 15) is 9.59 Å². The lowest BCUT2D eigenvalue weighted by molar-refractivity contribution is -0.129. The Hall–Kier alpha value is -4.23. The molecule has 7 heteroatoms. The van der Waals surface area contributed by atoms with Crippen LogP contribution in [0.4, 0.5) is 0 Å². The first kappa shape index (κ1) is 24.5. The van der Waals surface area contributed by atoms with E-state index in [1.165, 1.54) is 24.6 Å². The van der Waals surface area contributed by atoms with Gasteiger partial charge in [-0.15, -0.1) is 0 Å². The average Bonchev–Trinajstić information content (AvgIpc) is 3.48. The number of furan rings is 1. The molecule has 0 spiro atoms. The highest BCUT2D eigenvalue weighted by molar-refractivity contribution is 9.10. The molecule has 1 aliphatic rings. The molecule has 1 fully saturated rings. The highest BCUT2D eigenvalue weighted by Crippen LogP contribution is 2.58. The smallest absolute Gasteiger partial charge is 0.336 e. The van der Waals surface area contributed by atoms with Crippen molar-refractivity contribution in [3.05, 3.63) is 130 Å². The van der Waals surface area contributed by atoms with Crippen molar-refractivity contribution in [3.63, 3.8) is 0 Å². The normalized spacial score (nSPS) is 16.1. The summed E-state index contributed by atoms with van der Waals surface area (Å²) < 4.78 is 11.4. The second-order valence-corrected chi connectivity index (χ2v) is 9.56. The number of rotatable bonds is 8. The van der Waals surface area contributed by atoms with Gasteiger partial charge in [0.15, 0.2) is 0 Å². The summed E-state index contributed by atoms with van der Waals surface area (Å²) in [4.78, 5) is 25.4. The molecule has 1 unspecified atom stereocenters. The molecule has 1 amide bonds. The molecule has 5 rings (SSSR count). The van der Waals surface area contributed by atoms with Crippen molar-refractivity contribution in [1.82, 2.24) is 5.43 Å². The van der Waals surface area contributed by atoms with Crippen LogP contribution < -0.4 is 10.2 Å². The number of nitrogens with one attached hydrogen (secondary N) is 1. The molecule has 37 heavy (non-hydrogen) atoms. The van der Waals surface area contributed by atoms with Crippen LogP contribution in [0.25, 0.3) is 6.08 Å². The topological polar surface area (TPSA) is 80.9 Å². The number of nitrogens with zero attached hydrogens (tertiary/aromatic N) is 1. The Balaban J connectivity index is 1.29. The monoisotopic (exact) mass is 554 g/mol. The Morgan fingerprint density at radius 2 is 1.68 bits per heavy atom. The van der Waals surface area contributed by atoms with E-state index in [1.54, 1.807) is 30.3 Å². The van der Waals surface area contributed by atoms with Gasteiger partial charge in [-0.3, -0.25) is 4.79 Å². The Kier molecular flexibility index (Phi) is 7.14. The van der Waals surface area contributed by atoms with Gasteiger partial charge in [-0.2, -0.15) is 5.10 Å². The molecule has 1 atom stereocenters. The molecule has 0 bridgehead atoms. The van der Waals surface area contributed by atoms with E-state index in [4.69, 9.17) is 9.15 Å². The maximum Gasteiger partial charge on any atom is 0.336 e. The van der Waals surface area contributed by atoms with Crippen LogP contribution in [-0.2, 0) is 15.0 Å². The summed E-state index contributed by atoms with van der Waals surface area (Å²) in [5.41, 5.74) is 5.04. The summed E-state index contributed by atoms with van der Waals surface area (Å²) in [6.45, 7) is 0. The number of amides is 1. The number of esters is 1. The maximum atomic E-state index is 13.1. The van der Waals surface area contributed by atoms with Crippen LogP contribution in [0.1, 0.15) is 28.9 Å². The number of hydrazone groups is 1. The van der Waals surface area contributed by atoms with E-state index in [0.29, 0.717) is 23.5 Å². The van der Waals surface area contributed by atoms with Gasteiger partial charge in [0, 0.05) is 21.5 Å². The van der Waals surface area contributed by atoms with Crippen molar-refractivity contribution in [3.8, 4) is 5.75 Å². The number of ether oxygens (including phenoxy) is 1. The third kappa shape index (κ3) is 5.47. The number of hydrogen-bond acceptors (Lipinski definition) is 5. The van der Waals surface area contributed by atoms with Gasteiger partial charge in [-0.25, -0.2) is 10.2 Å². The van der Waals surface area contributed by atoms with Crippen LogP contribution in [0.2, 0.25) is 0 Å². The van der Waals surface area contributed by atoms with Gasteiger partial charge in [0.2, 0.25) is 5.91 Å². The van der Waals surface area contributed by atoms with Crippen molar-refractivity contribution in [1.29, 1.82) is 0 Å². The van der Waals surface area contributed by atoms with Crippen LogP contribution in [0.3, 0.4) is 0 Å². The molecule has 6 nitrogen and oxygen atoms in total. The molecule has 1 N–H and O–H groups in total. The number of hydrogen-bond donors (Lipinski definition) is 1. The average molecular weight is 555 g/mol. The Morgan fingerprint density at radius 1 is 0.973 bits per heavy atom. The summed E-state index contributed by atoms with van der Waals surface area (Å²) in [6.07, 6.45) is 6.49. The Morgan fingerprint density at radius 3 is 2.32 bits per heavy atom. The highest BCUT2D eigenvalue weighted by atomic mass is 79.9. The summed E-state index contributed by atoms with van der Waals surface area (Å²) in [6, 6.07) is 28.8. The highest BCUT2D eigenvalue weighted by Gasteiger charge is 2.60. The zero-order valence-electron chi connectivity index (χ0n) is 19.7. The van der Waals surface area contributed by atoms with Crippen LogP contribution in [0, 0.1) is 5.92 Å². The van der Waals surface area contributed by atoms with Gasteiger partial charge in [0.1, 0.15) is 11.5 Å². The lowest BCUT2D eigenvalue weighted by atomic mass is 9.85. The van der Waals surface area contributed by atoms with E-state index in [1.807, 2.05) is 36.4 Å². The molecule has 4 aromatic rings. The van der Waals surface area contributed by atoms with E-state index < -0.39 is 5.97 Å². The van der Waals surface area contributed by atoms with Gasteiger partial charge in [0.05, 0.1) is 18.4 Å². The summed E-state index contributed by atoms with van der Waals surface area (Å²) in [5, 5.41) is 4.18. The lowest BCUT2D eigenvalue weighted by Gasteiger charge is -2.18.